The Morgan fingerprint density at radius 2 is 1.46 bits per heavy atom. The molecule has 1 aliphatic rings. The quantitative estimate of drug-likeness (QED) is 0.528. The third-order valence-electron chi connectivity index (χ3n) is 4.48. The largest absolute Gasteiger partial charge is 0.349 e. The molecule has 0 bridgehead atoms. The molecule has 2 heterocycles. The molecule has 4 rings (SSSR count). The van der Waals surface area contributed by atoms with Gasteiger partial charge in [0.05, 0.1) is 22.1 Å². The van der Waals surface area contributed by atoms with Crippen LogP contribution in [0.5, 0.6) is 0 Å². The zero-order valence-electron chi connectivity index (χ0n) is 13.5. The first-order valence-corrected chi connectivity index (χ1v) is 8.93. The minimum absolute atomic E-state index is 0.810. The maximum absolute atomic E-state index is 5.59. The molecule has 2 aromatic carbocycles. The van der Waals surface area contributed by atoms with Crippen molar-refractivity contribution < 1.29 is 0 Å². The van der Waals surface area contributed by atoms with Crippen LogP contribution in [0, 0.1) is 0 Å². The van der Waals surface area contributed by atoms with Crippen LogP contribution in [0.4, 0.5) is 5.69 Å². The van der Waals surface area contributed by atoms with Crippen LogP contribution in [0.3, 0.4) is 0 Å². The lowest BCUT2D eigenvalue weighted by molar-refractivity contribution is 0.441. The number of para-hydroxylation sites is 2. The standard InChI is InChI=1S/C19H20N4S/c24-19(23-11-5-1-2-6-12-23)20-14-9-10-17-18(13-14)22-16-8-4-3-7-15(16)21-17/h3-4,7-10,13H,1-2,5-6,11-12H2,(H,20,24). The number of fused-ring (bicyclic) bond motifs is 2. The molecule has 3 aromatic rings. The molecule has 0 aliphatic carbocycles. The maximum Gasteiger partial charge on any atom is 0.173 e. The smallest absolute Gasteiger partial charge is 0.173 e. The number of nitrogens with zero attached hydrogens (tertiary/aromatic N) is 3. The second-order valence-corrected chi connectivity index (χ2v) is 6.63. The summed E-state index contributed by atoms with van der Waals surface area (Å²) < 4.78 is 0. The van der Waals surface area contributed by atoms with Crippen molar-refractivity contribution in [1.29, 1.82) is 0 Å². The summed E-state index contributed by atoms with van der Waals surface area (Å²) in [7, 11) is 0. The van der Waals surface area contributed by atoms with Crippen LogP contribution in [0.2, 0.25) is 0 Å². The van der Waals surface area contributed by atoms with Crippen LogP contribution >= 0.6 is 12.2 Å². The van der Waals surface area contributed by atoms with Gasteiger partial charge in [0, 0.05) is 18.8 Å². The number of anilines is 1. The lowest BCUT2D eigenvalue weighted by atomic mass is 10.2. The van der Waals surface area contributed by atoms with E-state index in [0.717, 1.165) is 46.0 Å². The molecule has 0 amide bonds. The molecule has 5 heteroatoms. The predicted octanol–water partition coefficient (Wildman–Crippen LogP) is 4.36. The summed E-state index contributed by atoms with van der Waals surface area (Å²) in [5.41, 5.74) is 4.60. The van der Waals surface area contributed by atoms with Crippen LogP contribution in [-0.2, 0) is 0 Å². The monoisotopic (exact) mass is 336 g/mol. The van der Waals surface area contributed by atoms with Gasteiger partial charge in [0.2, 0.25) is 0 Å². The van der Waals surface area contributed by atoms with Gasteiger partial charge >= 0.3 is 0 Å². The Bertz CT molecular complexity index is 885. The lowest BCUT2D eigenvalue weighted by Gasteiger charge is -2.24. The van der Waals surface area contributed by atoms with Gasteiger partial charge in [-0.2, -0.15) is 0 Å². The van der Waals surface area contributed by atoms with Gasteiger partial charge in [-0.1, -0.05) is 25.0 Å². The second-order valence-electron chi connectivity index (χ2n) is 6.25. The molecule has 0 spiro atoms. The molecule has 122 valence electrons. The summed E-state index contributed by atoms with van der Waals surface area (Å²) in [6.07, 6.45) is 5.05. The minimum atomic E-state index is 0.810. The van der Waals surface area contributed by atoms with Gasteiger partial charge in [0.15, 0.2) is 5.11 Å². The number of aromatic nitrogens is 2. The van der Waals surface area contributed by atoms with Crippen LogP contribution < -0.4 is 5.32 Å². The zero-order chi connectivity index (χ0) is 16.4. The molecule has 1 aromatic heterocycles. The van der Waals surface area contributed by atoms with E-state index in [0.29, 0.717) is 0 Å². The zero-order valence-corrected chi connectivity index (χ0v) is 14.4. The molecule has 0 unspecified atom stereocenters. The van der Waals surface area contributed by atoms with E-state index in [-0.39, 0.29) is 0 Å². The van der Waals surface area contributed by atoms with E-state index in [1.54, 1.807) is 0 Å². The second kappa shape index (κ2) is 6.69. The van der Waals surface area contributed by atoms with E-state index in [2.05, 4.69) is 15.2 Å². The van der Waals surface area contributed by atoms with Gasteiger partial charge in [-0.05, 0) is 55.4 Å². The van der Waals surface area contributed by atoms with Crippen molar-refractivity contribution in [3.63, 3.8) is 0 Å². The van der Waals surface area contributed by atoms with Crippen molar-refractivity contribution in [3.8, 4) is 0 Å². The van der Waals surface area contributed by atoms with Gasteiger partial charge in [-0.15, -0.1) is 0 Å². The third kappa shape index (κ3) is 3.17. The molecule has 1 aliphatic heterocycles. The van der Waals surface area contributed by atoms with Crippen molar-refractivity contribution in [2.45, 2.75) is 25.7 Å². The van der Waals surface area contributed by atoms with Crippen molar-refractivity contribution >= 4 is 45.1 Å². The molecule has 0 saturated carbocycles. The SMILES string of the molecule is S=C(Nc1ccc2nc3ccccc3nc2c1)N1CCCCCC1. The molecular formula is C19H20N4S. The highest BCUT2D eigenvalue weighted by Gasteiger charge is 2.12. The van der Waals surface area contributed by atoms with Crippen LogP contribution in [-0.4, -0.2) is 33.1 Å². The van der Waals surface area contributed by atoms with Crippen LogP contribution in [0.25, 0.3) is 22.1 Å². The highest BCUT2D eigenvalue weighted by molar-refractivity contribution is 7.80. The van der Waals surface area contributed by atoms with E-state index in [9.17, 15) is 0 Å². The average Bonchev–Trinajstić information content (AvgIpc) is 2.89. The summed E-state index contributed by atoms with van der Waals surface area (Å²) >= 11 is 5.59. The molecule has 0 atom stereocenters. The van der Waals surface area contributed by atoms with Crippen LogP contribution in [0.15, 0.2) is 42.5 Å². The van der Waals surface area contributed by atoms with Gasteiger partial charge in [-0.25, -0.2) is 9.97 Å². The fourth-order valence-corrected chi connectivity index (χ4v) is 3.47. The fourth-order valence-electron chi connectivity index (χ4n) is 3.17. The topological polar surface area (TPSA) is 41.1 Å². The number of thiocarbonyl (C=S) groups is 1. The molecule has 4 nitrogen and oxygen atoms in total. The number of rotatable bonds is 1. The lowest BCUT2D eigenvalue weighted by Crippen LogP contribution is -2.35. The van der Waals surface area contributed by atoms with Crippen molar-refractivity contribution in [2.75, 3.05) is 18.4 Å². The molecular weight excluding hydrogens is 316 g/mol. The van der Waals surface area contributed by atoms with Crippen molar-refractivity contribution in [3.05, 3.63) is 42.5 Å². The van der Waals surface area contributed by atoms with Crippen molar-refractivity contribution in [1.82, 2.24) is 14.9 Å². The molecule has 24 heavy (non-hydrogen) atoms. The Morgan fingerprint density at radius 1 is 0.833 bits per heavy atom. The number of nitrogens with one attached hydrogen (secondary N) is 1. The molecule has 1 fully saturated rings. The van der Waals surface area contributed by atoms with Crippen LogP contribution in [0.1, 0.15) is 25.7 Å². The van der Waals surface area contributed by atoms with Gasteiger partial charge in [0.1, 0.15) is 0 Å². The summed E-state index contributed by atoms with van der Waals surface area (Å²) in [5.74, 6) is 0. The Labute approximate surface area is 146 Å². The summed E-state index contributed by atoms with van der Waals surface area (Å²) in [6.45, 7) is 2.09. The molecule has 0 radical (unpaired) electrons. The van der Waals surface area contributed by atoms with E-state index >= 15 is 0 Å². The normalized spacial score (nSPS) is 15.4. The summed E-state index contributed by atoms with van der Waals surface area (Å²) in [6, 6.07) is 14.0. The van der Waals surface area contributed by atoms with E-state index in [4.69, 9.17) is 17.2 Å². The predicted molar refractivity (Wildman–Crippen MR) is 103 cm³/mol. The van der Waals surface area contributed by atoms with E-state index in [1.807, 2.05) is 42.5 Å². The maximum atomic E-state index is 5.59. The van der Waals surface area contributed by atoms with Crippen molar-refractivity contribution in [2.24, 2.45) is 0 Å². The Morgan fingerprint density at radius 3 is 2.17 bits per heavy atom. The fraction of sp³-hybridized carbons (Fsp3) is 0.316. The number of hydrogen-bond donors (Lipinski definition) is 1. The molecule has 1 saturated heterocycles. The highest BCUT2D eigenvalue weighted by Crippen LogP contribution is 2.20. The minimum Gasteiger partial charge on any atom is -0.349 e. The first-order chi connectivity index (χ1) is 11.8. The molecule has 1 N–H and O–H groups in total. The summed E-state index contributed by atoms with van der Waals surface area (Å²) in [4.78, 5) is 11.7. The highest BCUT2D eigenvalue weighted by atomic mass is 32.1. The van der Waals surface area contributed by atoms with Gasteiger partial charge < -0.3 is 10.2 Å². The number of likely N-dealkylation sites (tertiary alicyclic amines) is 1. The summed E-state index contributed by atoms with van der Waals surface area (Å²) in [5, 5.41) is 4.18. The first-order valence-electron chi connectivity index (χ1n) is 8.52. The third-order valence-corrected chi connectivity index (χ3v) is 4.84. The van der Waals surface area contributed by atoms with E-state index in [1.165, 1.54) is 25.7 Å². The number of hydrogen-bond acceptors (Lipinski definition) is 3. The average molecular weight is 336 g/mol. The first kappa shape index (κ1) is 15.3. The number of benzene rings is 2. The Hall–Kier alpha value is -2.27. The van der Waals surface area contributed by atoms with Gasteiger partial charge in [0.25, 0.3) is 0 Å². The van der Waals surface area contributed by atoms with E-state index < -0.39 is 0 Å². The van der Waals surface area contributed by atoms with Gasteiger partial charge in [-0.3, -0.25) is 0 Å². The Kier molecular flexibility index (Phi) is 4.26. The Balaban J connectivity index is 1.59.